The van der Waals surface area contributed by atoms with Gasteiger partial charge in [-0.25, -0.2) is 0 Å². The topological polar surface area (TPSA) is 78.9 Å². The van der Waals surface area contributed by atoms with E-state index in [9.17, 15) is 14.4 Å². The molecule has 0 aromatic rings. The van der Waals surface area contributed by atoms with Gasteiger partial charge in [-0.3, -0.25) is 14.4 Å². The quantitative estimate of drug-likeness (QED) is 0.0262. The van der Waals surface area contributed by atoms with Gasteiger partial charge in [0.25, 0.3) is 0 Å². The van der Waals surface area contributed by atoms with Crippen molar-refractivity contribution in [3.63, 3.8) is 0 Å². The van der Waals surface area contributed by atoms with Crippen molar-refractivity contribution in [2.24, 2.45) is 0 Å². The Morgan fingerprint density at radius 2 is 0.537 bits per heavy atom. The van der Waals surface area contributed by atoms with Gasteiger partial charge in [-0.1, -0.05) is 201 Å². The Bertz CT molecular complexity index is 1350. The Labute approximate surface area is 413 Å². The van der Waals surface area contributed by atoms with Crippen LogP contribution in [0, 0.1) is 0 Å². The van der Waals surface area contributed by atoms with Crippen molar-refractivity contribution in [2.75, 3.05) is 13.2 Å². The molecule has 0 fully saturated rings. The van der Waals surface area contributed by atoms with Crippen molar-refractivity contribution >= 4 is 17.9 Å². The average Bonchev–Trinajstić information content (AvgIpc) is 3.33. The maximum atomic E-state index is 12.8. The van der Waals surface area contributed by atoms with E-state index in [4.69, 9.17) is 14.2 Å². The van der Waals surface area contributed by atoms with Gasteiger partial charge >= 0.3 is 17.9 Å². The maximum absolute atomic E-state index is 12.8. The Morgan fingerprint density at radius 1 is 0.299 bits per heavy atom. The Morgan fingerprint density at radius 3 is 0.925 bits per heavy atom. The van der Waals surface area contributed by atoms with Crippen LogP contribution in [0.2, 0.25) is 0 Å². The maximum Gasteiger partial charge on any atom is 0.306 e. The van der Waals surface area contributed by atoms with Crippen LogP contribution in [0.25, 0.3) is 0 Å². The number of ether oxygens (including phenoxy) is 3. The fourth-order valence-corrected chi connectivity index (χ4v) is 7.31. The van der Waals surface area contributed by atoms with E-state index < -0.39 is 6.10 Å². The molecule has 0 radical (unpaired) electrons. The molecule has 0 aromatic carbocycles. The van der Waals surface area contributed by atoms with E-state index in [0.717, 1.165) is 96.3 Å². The summed E-state index contributed by atoms with van der Waals surface area (Å²) in [5.41, 5.74) is 0. The van der Waals surface area contributed by atoms with Crippen molar-refractivity contribution in [3.05, 3.63) is 97.2 Å². The number of rotatable bonds is 49. The summed E-state index contributed by atoms with van der Waals surface area (Å²) in [6.45, 7) is 6.50. The SMILES string of the molecule is CCCCC/C=C\C/C=C\C/C=C\C/C=C\CCCCCC(=O)OC[C@H](COC(=O)CCCC/C=C\C/C=C\C/C=C\CCCCC)OC(=O)CCCCCCCCC/C=C\CCCCCC. The van der Waals surface area contributed by atoms with Crippen molar-refractivity contribution in [3.8, 4) is 0 Å². The molecule has 6 heteroatoms. The summed E-state index contributed by atoms with van der Waals surface area (Å²) in [7, 11) is 0. The summed E-state index contributed by atoms with van der Waals surface area (Å²) in [6.07, 6.45) is 72.5. The Hall–Kier alpha value is -3.67. The molecule has 0 heterocycles. The lowest BCUT2D eigenvalue weighted by molar-refractivity contribution is -0.167. The molecule has 0 aliphatic carbocycles. The summed E-state index contributed by atoms with van der Waals surface area (Å²) in [4.78, 5) is 38.1. The van der Waals surface area contributed by atoms with Gasteiger partial charge in [-0.2, -0.15) is 0 Å². The minimum atomic E-state index is -0.809. The fraction of sp³-hybridized carbons (Fsp3) is 0.689. The van der Waals surface area contributed by atoms with Crippen LogP contribution >= 0.6 is 0 Å². The van der Waals surface area contributed by atoms with Crippen molar-refractivity contribution in [2.45, 2.75) is 258 Å². The largest absolute Gasteiger partial charge is 0.462 e. The highest BCUT2D eigenvalue weighted by molar-refractivity contribution is 5.71. The number of hydrogen-bond donors (Lipinski definition) is 0. The molecule has 0 N–H and O–H groups in total. The highest BCUT2D eigenvalue weighted by Gasteiger charge is 2.19. The Kier molecular flexibility index (Phi) is 51.9. The highest BCUT2D eigenvalue weighted by atomic mass is 16.6. The van der Waals surface area contributed by atoms with Crippen molar-refractivity contribution in [1.82, 2.24) is 0 Å². The smallest absolute Gasteiger partial charge is 0.306 e. The molecular formula is C61H102O6. The van der Waals surface area contributed by atoms with Crippen LogP contribution in [-0.2, 0) is 28.6 Å². The molecule has 382 valence electrons. The number of carbonyl (C=O) groups is 3. The summed E-state index contributed by atoms with van der Waals surface area (Å²) in [6, 6.07) is 0. The molecule has 0 saturated heterocycles. The molecule has 0 aliphatic heterocycles. The van der Waals surface area contributed by atoms with Gasteiger partial charge < -0.3 is 14.2 Å². The monoisotopic (exact) mass is 931 g/mol. The zero-order valence-electron chi connectivity index (χ0n) is 43.6. The minimum Gasteiger partial charge on any atom is -0.462 e. The predicted octanol–water partition coefficient (Wildman–Crippen LogP) is 18.5. The van der Waals surface area contributed by atoms with Crippen LogP contribution in [0.5, 0.6) is 0 Å². The van der Waals surface area contributed by atoms with Gasteiger partial charge in [-0.15, -0.1) is 0 Å². The second-order valence-electron chi connectivity index (χ2n) is 18.1. The number of allylic oxidation sites excluding steroid dienone is 16. The van der Waals surface area contributed by atoms with Gasteiger partial charge in [0.1, 0.15) is 13.2 Å². The molecule has 0 aliphatic rings. The fourth-order valence-electron chi connectivity index (χ4n) is 7.31. The summed E-state index contributed by atoms with van der Waals surface area (Å²) in [5.74, 6) is -0.979. The van der Waals surface area contributed by atoms with Crippen molar-refractivity contribution in [1.29, 1.82) is 0 Å². The average molecular weight is 931 g/mol. The highest BCUT2D eigenvalue weighted by Crippen LogP contribution is 2.13. The predicted molar refractivity (Wildman–Crippen MR) is 288 cm³/mol. The van der Waals surface area contributed by atoms with Gasteiger partial charge in [0.2, 0.25) is 0 Å². The molecular weight excluding hydrogens is 829 g/mol. The standard InChI is InChI=1S/C61H102O6/c1-4-7-10-13-16-19-22-25-28-29-30-31-34-36-39-42-45-48-51-54-60(63)66-57-58(67-61(64)55-52-49-46-43-40-37-33-27-24-21-18-15-12-9-6-3)56-65-59(62)53-50-47-44-41-38-35-32-26-23-20-17-14-11-8-5-2/h16-17,19-21,24-26,28,30-32,36,38-39,41,58H,4-15,18,22-23,27,29,33-35,37,40,42-57H2,1-3H3/b19-16-,20-17-,24-21-,28-25-,31-30-,32-26-,39-36-,41-38-/t58-/m0/s1. The van der Waals surface area contributed by atoms with Crippen LogP contribution in [0.1, 0.15) is 252 Å². The lowest BCUT2D eigenvalue weighted by Gasteiger charge is -2.18. The first-order valence-corrected chi connectivity index (χ1v) is 27.7. The molecule has 0 rings (SSSR count). The first-order chi connectivity index (χ1) is 33.0. The van der Waals surface area contributed by atoms with E-state index in [1.54, 1.807) is 0 Å². The van der Waals surface area contributed by atoms with E-state index in [-0.39, 0.29) is 31.1 Å². The van der Waals surface area contributed by atoms with E-state index in [1.165, 1.54) is 116 Å². The number of carbonyl (C=O) groups excluding carboxylic acids is 3. The number of hydrogen-bond acceptors (Lipinski definition) is 6. The summed E-state index contributed by atoms with van der Waals surface area (Å²) in [5, 5.41) is 0. The molecule has 67 heavy (non-hydrogen) atoms. The van der Waals surface area contributed by atoms with Crippen LogP contribution in [-0.4, -0.2) is 37.2 Å². The molecule has 0 saturated carbocycles. The third-order valence-electron chi connectivity index (χ3n) is 11.5. The molecule has 1 atom stereocenters. The van der Waals surface area contributed by atoms with E-state index in [2.05, 4.69) is 118 Å². The third-order valence-corrected chi connectivity index (χ3v) is 11.5. The summed E-state index contributed by atoms with van der Waals surface area (Å²) >= 11 is 0. The van der Waals surface area contributed by atoms with Gasteiger partial charge in [0.05, 0.1) is 0 Å². The zero-order chi connectivity index (χ0) is 48.6. The molecule has 0 bridgehead atoms. The van der Waals surface area contributed by atoms with E-state index >= 15 is 0 Å². The number of esters is 3. The van der Waals surface area contributed by atoms with Crippen molar-refractivity contribution < 1.29 is 28.6 Å². The van der Waals surface area contributed by atoms with Crippen LogP contribution in [0.15, 0.2) is 97.2 Å². The van der Waals surface area contributed by atoms with E-state index in [0.29, 0.717) is 19.3 Å². The van der Waals surface area contributed by atoms with Crippen LogP contribution in [0.3, 0.4) is 0 Å². The third kappa shape index (κ3) is 53.2. The molecule has 0 amide bonds. The lowest BCUT2D eigenvalue weighted by atomic mass is 10.1. The van der Waals surface area contributed by atoms with Gasteiger partial charge in [0.15, 0.2) is 6.10 Å². The number of unbranched alkanes of at least 4 members (excludes halogenated alkanes) is 22. The summed E-state index contributed by atoms with van der Waals surface area (Å²) < 4.78 is 16.8. The molecule has 0 aromatic heterocycles. The first kappa shape index (κ1) is 63.3. The lowest BCUT2D eigenvalue weighted by Crippen LogP contribution is -2.30. The van der Waals surface area contributed by atoms with Crippen LogP contribution in [0.4, 0.5) is 0 Å². The van der Waals surface area contributed by atoms with Crippen LogP contribution < -0.4 is 0 Å². The van der Waals surface area contributed by atoms with Gasteiger partial charge in [0, 0.05) is 19.3 Å². The second-order valence-corrected chi connectivity index (χ2v) is 18.1. The molecule has 0 spiro atoms. The van der Waals surface area contributed by atoms with Gasteiger partial charge in [-0.05, 0) is 128 Å². The first-order valence-electron chi connectivity index (χ1n) is 27.7. The zero-order valence-corrected chi connectivity index (χ0v) is 43.6. The minimum absolute atomic E-state index is 0.109. The molecule has 0 unspecified atom stereocenters. The Balaban J connectivity index is 4.51. The molecule has 6 nitrogen and oxygen atoms in total. The normalized spacial score (nSPS) is 12.8. The van der Waals surface area contributed by atoms with E-state index in [1.807, 2.05) is 0 Å². The second kappa shape index (κ2) is 54.9.